The highest BCUT2D eigenvalue weighted by atomic mass is 35.5. The molecule has 8 heteroatoms. The third-order valence-corrected chi connectivity index (χ3v) is 4.65. The van der Waals surface area contributed by atoms with E-state index in [4.69, 9.17) is 21.1 Å². The van der Waals surface area contributed by atoms with Crippen LogP contribution in [0.4, 0.5) is 4.39 Å². The number of fused-ring (bicyclic) bond motifs is 1. The maximum absolute atomic E-state index is 14.3. The average molecular weight is 407 g/mol. The molecular formula is C20H20ClFN2O4. The standard InChI is InChI=1S/C20H20ClFN2O4/c1-27-15-7-13-4-5-28-19(13)16(8-15)20(26)24-11-14-3-2-12(6-17(14)22)10-23-18(25)9-21/h2-3,6-8H,4-5,9-11H2,1H3,(H,23,25)(H,24,26). The van der Waals surface area contributed by atoms with E-state index in [9.17, 15) is 14.0 Å². The number of alkyl halides is 1. The Labute approximate surface area is 167 Å². The predicted octanol–water partition coefficient (Wildman–Crippen LogP) is 2.55. The zero-order chi connectivity index (χ0) is 20.1. The minimum absolute atomic E-state index is 0.0188. The fourth-order valence-corrected chi connectivity index (χ4v) is 3.02. The molecule has 2 N–H and O–H groups in total. The molecule has 2 amide bonds. The van der Waals surface area contributed by atoms with Crippen LogP contribution in [0.1, 0.15) is 27.0 Å². The van der Waals surface area contributed by atoms with Crippen molar-refractivity contribution in [2.75, 3.05) is 19.6 Å². The number of hydrogen-bond donors (Lipinski definition) is 2. The third-order valence-electron chi connectivity index (χ3n) is 4.41. The molecule has 6 nitrogen and oxygen atoms in total. The number of rotatable bonds is 7. The summed E-state index contributed by atoms with van der Waals surface area (Å²) in [6.07, 6.45) is 0.711. The Morgan fingerprint density at radius 1 is 1.21 bits per heavy atom. The maximum Gasteiger partial charge on any atom is 0.255 e. The molecule has 1 aliphatic heterocycles. The van der Waals surface area contributed by atoms with Crippen LogP contribution in [-0.4, -0.2) is 31.4 Å². The van der Waals surface area contributed by atoms with Crippen LogP contribution in [0.2, 0.25) is 0 Å². The van der Waals surface area contributed by atoms with Crippen molar-refractivity contribution in [2.24, 2.45) is 0 Å². The van der Waals surface area contributed by atoms with Crippen molar-refractivity contribution in [3.8, 4) is 11.5 Å². The predicted molar refractivity (Wildman–Crippen MR) is 102 cm³/mol. The molecule has 1 heterocycles. The van der Waals surface area contributed by atoms with Gasteiger partial charge in [-0.05, 0) is 23.8 Å². The fourth-order valence-electron chi connectivity index (χ4n) is 2.93. The van der Waals surface area contributed by atoms with Crippen molar-refractivity contribution in [3.63, 3.8) is 0 Å². The molecular weight excluding hydrogens is 387 g/mol. The van der Waals surface area contributed by atoms with Crippen molar-refractivity contribution in [1.29, 1.82) is 0 Å². The number of hydrogen-bond acceptors (Lipinski definition) is 4. The third kappa shape index (κ3) is 4.54. The number of ether oxygens (including phenoxy) is 2. The number of halogens is 2. The second-order valence-corrected chi connectivity index (χ2v) is 6.55. The van der Waals surface area contributed by atoms with E-state index in [1.165, 1.54) is 13.2 Å². The molecule has 3 rings (SSSR count). The fraction of sp³-hybridized carbons (Fsp3) is 0.300. The zero-order valence-electron chi connectivity index (χ0n) is 15.3. The van der Waals surface area contributed by atoms with Crippen molar-refractivity contribution in [1.82, 2.24) is 10.6 Å². The van der Waals surface area contributed by atoms with Crippen molar-refractivity contribution in [2.45, 2.75) is 19.5 Å². The molecule has 2 aromatic rings. The molecule has 0 saturated heterocycles. The van der Waals surface area contributed by atoms with Gasteiger partial charge in [0.05, 0.1) is 19.3 Å². The lowest BCUT2D eigenvalue weighted by atomic mass is 10.1. The van der Waals surface area contributed by atoms with Gasteiger partial charge in [-0.25, -0.2) is 4.39 Å². The van der Waals surface area contributed by atoms with Crippen LogP contribution in [0.3, 0.4) is 0 Å². The summed E-state index contributed by atoms with van der Waals surface area (Å²) < 4.78 is 25.1. The minimum Gasteiger partial charge on any atom is -0.497 e. The van der Waals surface area contributed by atoms with Gasteiger partial charge in [0.2, 0.25) is 5.91 Å². The first-order valence-electron chi connectivity index (χ1n) is 8.73. The number of nitrogens with one attached hydrogen (secondary N) is 2. The van der Waals surface area contributed by atoms with E-state index < -0.39 is 5.82 Å². The summed E-state index contributed by atoms with van der Waals surface area (Å²) in [6, 6.07) is 8.04. The molecule has 1 aliphatic rings. The number of benzene rings is 2. The van der Waals surface area contributed by atoms with Gasteiger partial charge < -0.3 is 20.1 Å². The maximum atomic E-state index is 14.3. The van der Waals surface area contributed by atoms with E-state index in [0.29, 0.717) is 41.2 Å². The molecule has 0 atom stereocenters. The van der Waals surface area contributed by atoms with Gasteiger partial charge in [-0.15, -0.1) is 11.6 Å². The summed E-state index contributed by atoms with van der Waals surface area (Å²) in [5.74, 6) is -0.191. The van der Waals surface area contributed by atoms with E-state index in [1.807, 2.05) is 6.07 Å². The van der Waals surface area contributed by atoms with Crippen LogP contribution in [0.5, 0.6) is 11.5 Å². The Morgan fingerprint density at radius 3 is 2.75 bits per heavy atom. The Morgan fingerprint density at radius 2 is 2.04 bits per heavy atom. The first-order chi connectivity index (χ1) is 13.5. The topological polar surface area (TPSA) is 76.7 Å². The molecule has 148 valence electrons. The lowest BCUT2D eigenvalue weighted by Crippen LogP contribution is -2.25. The van der Waals surface area contributed by atoms with Crippen molar-refractivity contribution >= 4 is 23.4 Å². The molecule has 0 saturated carbocycles. The quantitative estimate of drug-likeness (QED) is 0.693. The van der Waals surface area contributed by atoms with Crippen LogP contribution >= 0.6 is 11.6 Å². The van der Waals surface area contributed by atoms with Gasteiger partial charge >= 0.3 is 0 Å². The van der Waals surface area contributed by atoms with Crippen LogP contribution in [0, 0.1) is 5.82 Å². The summed E-state index contributed by atoms with van der Waals surface area (Å²) in [5, 5.41) is 5.28. The Balaban J connectivity index is 1.67. The first kappa shape index (κ1) is 19.9. The van der Waals surface area contributed by atoms with E-state index >= 15 is 0 Å². The van der Waals surface area contributed by atoms with Crippen molar-refractivity contribution < 1.29 is 23.5 Å². The highest BCUT2D eigenvalue weighted by molar-refractivity contribution is 6.27. The highest BCUT2D eigenvalue weighted by Gasteiger charge is 2.22. The molecule has 2 aromatic carbocycles. The first-order valence-corrected chi connectivity index (χ1v) is 9.27. The molecule has 0 fully saturated rings. The van der Waals surface area contributed by atoms with Crippen LogP contribution < -0.4 is 20.1 Å². The molecule has 28 heavy (non-hydrogen) atoms. The average Bonchev–Trinajstić information content (AvgIpc) is 3.18. The molecule has 0 bridgehead atoms. The van der Waals surface area contributed by atoms with Crippen LogP contribution in [0.25, 0.3) is 0 Å². The Bertz CT molecular complexity index is 904. The second kappa shape index (κ2) is 8.93. The highest BCUT2D eigenvalue weighted by Crippen LogP contribution is 2.33. The SMILES string of the molecule is COc1cc2c(c(C(=O)NCc3ccc(CNC(=O)CCl)cc3F)c1)OCC2. The lowest BCUT2D eigenvalue weighted by molar-refractivity contribution is -0.118. The second-order valence-electron chi connectivity index (χ2n) is 6.28. The van der Waals surface area contributed by atoms with Gasteiger partial charge in [0.25, 0.3) is 5.91 Å². The molecule has 0 unspecified atom stereocenters. The molecule has 0 spiro atoms. The van der Waals surface area contributed by atoms with E-state index in [2.05, 4.69) is 10.6 Å². The van der Waals surface area contributed by atoms with Gasteiger partial charge in [-0.1, -0.05) is 12.1 Å². The lowest BCUT2D eigenvalue weighted by Gasteiger charge is -2.12. The summed E-state index contributed by atoms with van der Waals surface area (Å²) in [7, 11) is 1.53. The Kier molecular flexibility index (Phi) is 6.36. The summed E-state index contributed by atoms with van der Waals surface area (Å²) in [5.41, 5.74) is 2.22. The number of amides is 2. The van der Waals surface area contributed by atoms with Gasteiger partial charge in [0.1, 0.15) is 23.2 Å². The molecule has 0 radical (unpaired) electrons. The monoisotopic (exact) mass is 406 g/mol. The number of methoxy groups -OCH3 is 1. The van der Waals surface area contributed by atoms with E-state index in [-0.39, 0.29) is 30.8 Å². The minimum atomic E-state index is -0.468. The number of carbonyl (C=O) groups excluding carboxylic acids is 2. The van der Waals surface area contributed by atoms with Gasteiger partial charge in [0, 0.05) is 30.6 Å². The van der Waals surface area contributed by atoms with Gasteiger partial charge in [-0.2, -0.15) is 0 Å². The van der Waals surface area contributed by atoms with Gasteiger partial charge in [-0.3, -0.25) is 9.59 Å². The molecule has 0 aliphatic carbocycles. The molecule has 0 aromatic heterocycles. The zero-order valence-corrected chi connectivity index (χ0v) is 16.1. The summed E-state index contributed by atoms with van der Waals surface area (Å²) >= 11 is 5.41. The van der Waals surface area contributed by atoms with Crippen molar-refractivity contribution in [3.05, 3.63) is 58.4 Å². The largest absolute Gasteiger partial charge is 0.497 e. The van der Waals surface area contributed by atoms with E-state index in [0.717, 1.165) is 5.56 Å². The Hall–Kier alpha value is -2.80. The van der Waals surface area contributed by atoms with E-state index in [1.54, 1.807) is 18.2 Å². The normalized spacial score (nSPS) is 12.1. The smallest absolute Gasteiger partial charge is 0.255 e. The summed E-state index contributed by atoms with van der Waals surface area (Å²) in [6.45, 7) is 0.715. The van der Waals surface area contributed by atoms with Gasteiger partial charge in [0.15, 0.2) is 0 Å². The van der Waals surface area contributed by atoms with Crippen LogP contribution in [-0.2, 0) is 24.3 Å². The number of carbonyl (C=O) groups is 2. The summed E-state index contributed by atoms with van der Waals surface area (Å²) in [4.78, 5) is 23.8. The van der Waals surface area contributed by atoms with Crippen LogP contribution in [0.15, 0.2) is 30.3 Å².